The largest absolute Gasteiger partial charge is 0.465 e. The second kappa shape index (κ2) is 9.93. The summed E-state index contributed by atoms with van der Waals surface area (Å²) in [5, 5.41) is 3.48. The van der Waals surface area contributed by atoms with Crippen LogP contribution < -0.4 is 5.56 Å². The monoisotopic (exact) mass is 502 g/mol. The molecular weight excluding hydrogens is 487 g/mol. The summed E-state index contributed by atoms with van der Waals surface area (Å²) >= 11 is 11.3. The number of rotatable bonds is 6. The lowest BCUT2D eigenvalue weighted by Gasteiger charge is -2.18. The van der Waals surface area contributed by atoms with Crippen LogP contribution in [0.25, 0.3) is 16.8 Å². The summed E-state index contributed by atoms with van der Waals surface area (Å²) in [6, 6.07) is 6.11. The first kappa shape index (κ1) is 24.7. The number of fused-ring (bicyclic) bond motifs is 1. The Labute approximate surface area is 195 Å². The molecule has 11 heteroatoms. The van der Waals surface area contributed by atoms with Gasteiger partial charge >= 0.3 is 12.1 Å². The highest BCUT2D eigenvalue weighted by molar-refractivity contribution is 6.35. The highest BCUT2D eigenvalue weighted by Crippen LogP contribution is 2.39. The second-order valence-electron chi connectivity index (χ2n) is 6.94. The number of ether oxygens (including phenoxy) is 1. The molecule has 5 nitrogen and oxygen atoms in total. The maximum Gasteiger partial charge on any atom is 0.399 e. The minimum atomic E-state index is -4.69. The molecule has 0 spiro atoms. The fourth-order valence-electron chi connectivity index (χ4n) is 3.12. The first-order valence-corrected chi connectivity index (χ1v) is 10.3. The van der Waals surface area contributed by atoms with E-state index in [1.807, 2.05) is 0 Å². The van der Waals surface area contributed by atoms with Crippen molar-refractivity contribution in [3.63, 3.8) is 0 Å². The van der Waals surface area contributed by atoms with Crippen LogP contribution in [-0.4, -0.2) is 28.5 Å². The zero-order chi connectivity index (χ0) is 24.3. The van der Waals surface area contributed by atoms with Crippen LogP contribution in [-0.2, 0) is 16.1 Å². The molecule has 33 heavy (non-hydrogen) atoms. The van der Waals surface area contributed by atoms with Gasteiger partial charge in [-0.05, 0) is 42.3 Å². The Bertz CT molecular complexity index is 1270. The fourth-order valence-corrected chi connectivity index (χ4v) is 3.63. The van der Waals surface area contributed by atoms with Crippen molar-refractivity contribution in [3.8, 4) is 0 Å². The number of carbonyl (C=O) groups excluding carboxylic acids is 1. The predicted octanol–water partition coefficient (Wildman–Crippen LogP) is 5.76. The highest BCUT2D eigenvalue weighted by atomic mass is 35.5. The molecule has 174 valence electrons. The quantitative estimate of drug-likeness (QED) is 0.244. The molecule has 0 amide bonds. The molecule has 0 aliphatic carbocycles. The Kier molecular flexibility index (Phi) is 7.44. The number of nitrogens with zero attached hydrogens (tertiary/aromatic N) is 2. The molecule has 0 fully saturated rings. The minimum Gasteiger partial charge on any atom is -0.465 e. The molecule has 1 heterocycles. The van der Waals surface area contributed by atoms with E-state index in [1.54, 1.807) is 6.92 Å². The Morgan fingerprint density at radius 3 is 2.48 bits per heavy atom. The van der Waals surface area contributed by atoms with Gasteiger partial charge in [-0.3, -0.25) is 9.59 Å². The van der Waals surface area contributed by atoms with Crippen molar-refractivity contribution in [2.45, 2.75) is 25.6 Å². The number of esters is 1. The summed E-state index contributed by atoms with van der Waals surface area (Å²) in [5.74, 6) is -3.72. The molecule has 1 atom stereocenters. The molecule has 3 aromatic rings. The van der Waals surface area contributed by atoms with Gasteiger partial charge in [-0.15, -0.1) is 0 Å². The van der Waals surface area contributed by atoms with Gasteiger partial charge in [0.2, 0.25) is 0 Å². The molecule has 0 N–H and O–H groups in total. The molecule has 3 rings (SSSR count). The van der Waals surface area contributed by atoms with Crippen LogP contribution >= 0.6 is 23.2 Å². The minimum absolute atomic E-state index is 0.159. The summed E-state index contributed by atoms with van der Waals surface area (Å²) in [5.41, 5.74) is -0.500. The van der Waals surface area contributed by atoms with Crippen molar-refractivity contribution in [2.75, 3.05) is 6.61 Å². The van der Waals surface area contributed by atoms with E-state index in [9.17, 15) is 27.2 Å². The summed E-state index contributed by atoms with van der Waals surface area (Å²) in [7, 11) is 0. The van der Waals surface area contributed by atoms with E-state index >= 15 is 0 Å². The number of benzene rings is 2. The number of allylic oxidation sites excluding steroid dienone is 1. The summed E-state index contributed by atoms with van der Waals surface area (Å²) in [6.07, 6.45) is -1.27. The van der Waals surface area contributed by atoms with Crippen LogP contribution in [0.3, 0.4) is 0 Å². The molecule has 0 bridgehead atoms. The van der Waals surface area contributed by atoms with Crippen molar-refractivity contribution in [3.05, 3.63) is 79.9 Å². The van der Waals surface area contributed by atoms with Crippen LogP contribution in [0.15, 0.2) is 47.4 Å². The lowest BCUT2D eigenvalue weighted by Crippen LogP contribution is -2.27. The molecule has 0 aliphatic rings. The van der Waals surface area contributed by atoms with E-state index in [1.165, 1.54) is 30.5 Å². The third kappa shape index (κ3) is 5.72. The number of carbonyl (C=O) groups is 1. The van der Waals surface area contributed by atoms with Crippen molar-refractivity contribution in [2.24, 2.45) is 0 Å². The highest BCUT2D eigenvalue weighted by Gasteiger charge is 2.39. The van der Waals surface area contributed by atoms with Crippen LogP contribution in [0.4, 0.5) is 17.6 Å². The molecule has 2 aromatic carbocycles. The SMILES string of the molecule is CCOC(=O)Cn1ncc2cc(/C=C/C(c3cc(Cl)c(F)c(Cl)c3)C(F)(F)F)ccc2c1=O. The van der Waals surface area contributed by atoms with Crippen molar-refractivity contribution < 1.29 is 27.1 Å². The zero-order valence-electron chi connectivity index (χ0n) is 17.0. The van der Waals surface area contributed by atoms with E-state index < -0.39 is 39.5 Å². The normalized spacial score (nSPS) is 12.9. The van der Waals surface area contributed by atoms with Crippen LogP contribution in [0.2, 0.25) is 10.0 Å². The third-order valence-corrected chi connectivity index (χ3v) is 5.21. The summed E-state index contributed by atoms with van der Waals surface area (Å²) in [4.78, 5) is 24.1. The number of aromatic nitrogens is 2. The average Bonchev–Trinajstić information content (AvgIpc) is 2.73. The molecule has 1 unspecified atom stereocenters. The Morgan fingerprint density at radius 1 is 1.21 bits per heavy atom. The van der Waals surface area contributed by atoms with Gasteiger partial charge in [-0.25, -0.2) is 9.07 Å². The smallest absolute Gasteiger partial charge is 0.399 e. The topological polar surface area (TPSA) is 61.2 Å². The third-order valence-electron chi connectivity index (χ3n) is 4.66. The first-order valence-electron chi connectivity index (χ1n) is 9.56. The van der Waals surface area contributed by atoms with E-state index in [-0.39, 0.29) is 24.1 Å². The van der Waals surface area contributed by atoms with Crippen LogP contribution in [0, 0.1) is 5.82 Å². The maximum atomic E-state index is 13.7. The lowest BCUT2D eigenvalue weighted by atomic mass is 9.96. The van der Waals surface area contributed by atoms with E-state index in [0.717, 1.165) is 22.9 Å². The fraction of sp³-hybridized carbons (Fsp3) is 0.227. The maximum absolute atomic E-state index is 13.7. The molecule has 0 radical (unpaired) electrons. The molecule has 1 aromatic heterocycles. The van der Waals surface area contributed by atoms with Gasteiger partial charge in [0.05, 0.1) is 34.2 Å². The van der Waals surface area contributed by atoms with Crippen molar-refractivity contribution in [1.29, 1.82) is 0 Å². The van der Waals surface area contributed by atoms with Crippen molar-refractivity contribution in [1.82, 2.24) is 9.78 Å². The van der Waals surface area contributed by atoms with Gasteiger partial charge < -0.3 is 4.74 Å². The van der Waals surface area contributed by atoms with Crippen LogP contribution in [0.1, 0.15) is 24.0 Å². The van der Waals surface area contributed by atoms with E-state index in [4.69, 9.17) is 27.9 Å². The molecular formula is C22H16Cl2F4N2O3. The predicted molar refractivity (Wildman–Crippen MR) is 117 cm³/mol. The standard InChI is InChI=1S/C22H16Cl2F4N2O3/c1-2-33-19(31)11-30-21(32)15-5-3-12(7-14(15)10-29-30)4-6-16(22(26,27)28)13-8-17(23)20(25)18(24)9-13/h3-10,16H,2,11H2,1H3/b6-4+. The molecule has 0 saturated heterocycles. The number of hydrogen-bond donors (Lipinski definition) is 0. The molecule has 0 saturated carbocycles. The Morgan fingerprint density at radius 2 is 1.88 bits per heavy atom. The molecule has 0 aliphatic heterocycles. The lowest BCUT2D eigenvalue weighted by molar-refractivity contribution is -0.144. The number of alkyl halides is 3. The van der Waals surface area contributed by atoms with Gasteiger partial charge in [-0.1, -0.05) is 41.4 Å². The van der Waals surface area contributed by atoms with E-state index in [2.05, 4.69) is 5.10 Å². The van der Waals surface area contributed by atoms with Gasteiger partial charge in [-0.2, -0.15) is 18.3 Å². The van der Waals surface area contributed by atoms with Gasteiger partial charge in [0.15, 0.2) is 5.82 Å². The Balaban J connectivity index is 1.94. The van der Waals surface area contributed by atoms with Gasteiger partial charge in [0, 0.05) is 5.39 Å². The van der Waals surface area contributed by atoms with Gasteiger partial charge in [0.25, 0.3) is 5.56 Å². The Hall–Kier alpha value is -2.91. The average molecular weight is 503 g/mol. The first-order chi connectivity index (χ1) is 15.5. The number of halogens is 6. The number of hydrogen-bond acceptors (Lipinski definition) is 4. The van der Waals surface area contributed by atoms with Crippen molar-refractivity contribution >= 4 is 46.0 Å². The van der Waals surface area contributed by atoms with Crippen LogP contribution in [0.5, 0.6) is 0 Å². The second-order valence-corrected chi connectivity index (χ2v) is 7.75. The van der Waals surface area contributed by atoms with E-state index in [0.29, 0.717) is 10.9 Å². The van der Waals surface area contributed by atoms with Gasteiger partial charge in [0.1, 0.15) is 6.54 Å². The summed E-state index contributed by atoms with van der Waals surface area (Å²) < 4.78 is 60.3. The zero-order valence-corrected chi connectivity index (χ0v) is 18.5. The summed E-state index contributed by atoms with van der Waals surface area (Å²) in [6.45, 7) is 1.43.